The smallest absolute Gasteiger partial charge is 0.264 e. The summed E-state index contributed by atoms with van der Waals surface area (Å²) in [7, 11) is -3.41. The first-order valence-electron chi connectivity index (χ1n) is 6.17. The van der Waals surface area contributed by atoms with Gasteiger partial charge in [0.25, 0.3) is 0 Å². The highest BCUT2D eigenvalue weighted by Gasteiger charge is 2.29. The highest BCUT2D eigenvalue weighted by Crippen LogP contribution is 2.25. The number of hydrogen-bond donors (Lipinski definition) is 1. The molecule has 5 nitrogen and oxygen atoms in total. The fraction of sp³-hybridized carbons (Fsp3) is 0.308. The molecule has 0 saturated carbocycles. The van der Waals surface area contributed by atoms with Crippen LogP contribution in [-0.2, 0) is 10.2 Å². The number of nitrogens with zero attached hydrogens (tertiary/aromatic N) is 2. The van der Waals surface area contributed by atoms with Crippen LogP contribution in [0.1, 0.15) is 6.92 Å². The van der Waals surface area contributed by atoms with E-state index in [0.717, 1.165) is 10.8 Å². The maximum atomic E-state index is 12.1. The van der Waals surface area contributed by atoms with E-state index in [2.05, 4.69) is 9.71 Å². The molecule has 1 aromatic carbocycles. The zero-order valence-corrected chi connectivity index (χ0v) is 11.4. The third-order valence-electron chi connectivity index (χ3n) is 3.29. The van der Waals surface area contributed by atoms with Gasteiger partial charge in [-0.25, -0.2) is 0 Å². The quantitative estimate of drug-likeness (QED) is 0.859. The fourth-order valence-electron chi connectivity index (χ4n) is 2.24. The van der Waals surface area contributed by atoms with Crippen LogP contribution < -0.4 is 9.03 Å². The van der Waals surface area contributed by atoms with E-state index in [-0.39, 0.29) is 5.92 Å². The van der Waals surface area contributed by atoms with Gasteiger partial charge in [-0.2, -0.15) is 13.1 Å². The van der Waals surface area contributed by atoms with E-state index in [1.807, 2.05) is 31.2 Å². The Morgan fingerprint density at radius 3 is 3.00 bits per heavy atom. The summed E-state index contributed by atoms with van der Waals surface area (Å²) >= 11 is 0. The Kier molecular flexibility index (Phi) is 2.91. The lowest BCUT2D eigenvalue weighted by atomic mass is 10.1. The molecule has 0 spiro atoms. The summed E-state index contributed by atoms with van der Waals surface area (Å²) in [5.74, 6) is 0.289. The molecule has 1 aromatic heterocycles. The summed E-state index contributed by atoms with van der Waals surface area (Å²) < 4.78 is 28.2. The molecule has 0 aliphatic carbocycles. The Morgan fingerprint density at radius 1 is 1.32 bits per heavy atom. The summed E-state index contributed by atoms with van der Waals surface area (Å²) in [4.78, 5) is 4.05. The average Bonchev–Trinajstić information content (AvgIpc) is 2.41. The molecule has 1 saturated heterocycles. The SMILES string of the molecule is C[C@@H]1CNS(=O)(=O)N(c2ccc3cnccc3c2)C1. The van der Waals surface area contributed by atoms with Crippen LogP contribution in [0.4, 0.5) is 5.69 Å². The predicted octanol–water partition coefficient (Wildman–Crippen LogP) is 1.53. The Morgan fingerprint density at radius 2 is 2.16 bits per heavy atom. The molecule has 1 N–H and O–H groups in total. The van der Waals surface area contributed by atoms with Crippen LogP contribution in [0, 0.1) is 5.92 Å². The van der Waals surface area contributed by atoms with Gasteiger partial charge in [-0.15, -0.1) is 0 Å². The molecule has 6 heteroatoms. The monoisotopic (exact) mass is 277 g/mol. The number of fused-ring (bicyclic) bond motifs is 1. The molecular weight excluding hydrogens is 262 g/mol. The number of benzene rings is 1. The molecule has 0 amide bonds. The molecule has 3 rings (SSSR count). The van der Waals surface area contributed by atoms with Gasteiger partial charge in [-0.3, -0.25) is 9.29 Å². The third-order valence-corrected chi connectivity index (χ3v) is 4.77. The van der Waals surface area contributed by atoms with Gasteiger partial charge in [0.2, 0.25) is 0 Å². The maximum absolute atomic E-state index is 12.1. The number of aromatic nitrogens is 1. The van der Waals surface area contributed by atoms with Gasteiger partial charge in [0.05, 0.1) is 5.69 Å². The molecule has 0 radical (unpaired) electrons. The van der Waals surface area contributed by atoms with Crippen LogP contribution in [0.5, 0.6) is 0 Å². The van der Waals surface area contributed by atoms with Gasteiger partial charge in [0.1, 0.15) is 0 Å². The molecule has 0 unspecified atom stereocenters. The van der Waals surface area contributed by atoms with Crippen molar-refractivity contribution in [3.63, 3.8) is 0 Å². The van der Waals surface area contributed by atoms with Crippen LogP contribution in [-0.4, -0.2) is 26.5 Å². The standard InChI is InChI=1S/C13H15N3O2S/c1-10-7-15-19(17,18)16(9-10)13-3-2-12-8-14-5-4-11(12)6-13/h2-6,8,10,15H,7,9H2,1H3/t10-/m1/s1. The Hall–Kier alpha value is -1.66. The molecule has 2 aromatic rings. The summed E-state index contributed by atoms with van der Waals surface area (Å²) in [6.07, 6.45) is 3.47. The zero-order valence-electron chi connectivity index (χ0n) is 10.6. The first kappa shape index (κ1) is 12.4. The molecule has 1 fully saturated rings. The Balaban J connectivity index is 2.07. The lowest BCUT2D eigenvalue weighted by molar-refractivity contribution is 0.506. The number of hydrogen-bond acceptors (Lipinski definition) is 3. The topological polar surface area (TPSA) is 62.3 Å². The first-order chi connectivity index (χ1) is 9.06. The van der Waals surface area contributed by atoms with E-state index < -0.39 is 10.2 Å². The van der Waals surface area contributed by atoms with Crippen LogP contribution in [0.3, 0.4) is 0 Å². The minimum Gasteiger partial charge on any atom is -0.264 e. The minimum atomic E-state index is -3.41. The molecular formula is C13H15N3O2S. The highest BCUT2D eigenvalue weighted by molar-refractivity contribution is 7.90. The van der Waals surface area contributed by atoms with Crippen LogP contribution in [0.25, 0.3) is 10.8 Å². The van der Waals surface area contributed by atoms with Gasteiger partial charge in [0.15, 0.2) is 0 Å². The summed E-state index contributed by atoms with van der Waals surface area (Å²) in [5.41, 5.74) is 0.692. The first-order valence-corrected chi connectivity index (χ1v) is 7.61. The summed E-state index contributed by atoms with van der Waals surface area (Å²) in [5, 5.41) is 1.99. The molecule has 0 bridgehead atoms. The van der Waals surface area contributed by atoms with Crippen molar-refractivity contribution in [1.82, 2.24) is 9.71 Å². The van der Waals surface area contributed by atoms with Crippen LogP contribution >= 0.6 is 0 Å². The van der Waals surface area contributed by atoms with Crippen molar-refractivity contribution < 1.29 is 8.42 Å². The molecule has 1 atom stereocenters. The second-order valence-electron chi connectivity index (χ2n) is 4.90. The van der Waals surface area contributed by atoms with Gasteiger partial charge in [-0.1, -0.05) is 13.0 Å². The number of rotatable bonds is 1. The van der Waals surface area contributed by atoms with E-state index >= 15 is 0 Å². The minimum absolute atomic E-state index is 0.289. The molecule has 2 heterocycles. The maximum Gasteiger partial charge on any atom is 0.301 e. The van der Waals surface area contributed by atoms with Crippen molar-refractivity contribution in [3.05, 3.63) is 36.7 Å². The average molecular weight is 277 g/mol. The number of pyridine rings is 1. The second-order valence-corrected chi connectivity index (χ2v) is 6.58. The van der Waals surface area contributed by atoms with Gasteiger partial charge < -0.3 is 0 Å². The molecule has 1 aliphatic heterocycles. The van der Waals surface area contributed by atoms with Crippen LogP contribution in [0.15, 0.2) is 36.7 Å². The molecule has 100 valence electrons. The van der Waals surface area contributed by atoms with Crippen molar-refractivity contribution in [2.24, 2.45) is 5.92 Å². The van der Waals surface area contributed by atoms with E-state index in [4.69, 9.17) is 0 Å². The third kappa shape index (κ3) is 2.29. The van der Waals surface area contributed by atoms with E-state index in [1.54, 1.807) is 12.4 Å². The van der Waals surface area contributed by atoms with Gasteiger partial charge in [0, 0.05) is 30.9 Å². The Labute approximate surface area is 112 Å². The van der Waals surface area contributed by atoms with E-state index in [0.29, 0.717) is 18.8 Å². The lowest BCUT2D eigenvalue weighted by Gasteiger charge is -2.32. The zero-order chi connectivity index (χ0) is 13.5. The van der Waals surface area contributed by atoms with Crippen molar-refractivity contribution in [2.45, 2.75) is 6.92 Å². The molecule has 1 aliphatic rings. The largest absolute Gasteiger partial charge is 0.301 e. The fourth-order valence-corrected chi connectivity index (χ4v) is 3.73. The van der Waals surface area contributed by atoms with E-state index in [9.17, 15) is 8.42 Å². The Bertz CT molecular complexity index is 715. The van der Waals surface area contributed by atoms with Crippen molar-refractivity contribution in [3.8, 4) is 0 Å². The predicted molar refractivity (Wildman–Crippen MR) is 75.2 cm³/mol. The summed E-state index contributed by atoms with van der Waals surface area (Å²) in [6, 6.07) is 7.48. The number of anilines is 1. The van der Waals surface area contributed by atoms with Crippen LogP contribution in [0.2, 0.25) is 0 Å². The van der Waals surface area contributed by atoms with Crippen molar-refractivity contribution >= 4 is 26.7 Å². The van der Waals surface area contributed by atoms with E-state index in [1.165, 1.54) is 4.31 Å². The second kappa shape index (κ2) is 4.47. The normalized spacial score (nSPS) is 22.6. The van der Waals surface area contributed by atoms with Gasteiger partial charge in [-0.05, 0) is 29.5 Å². The molecule has 19 heavy (non-hydrogen) atoms. The van der Waals surface area contributed by atoms with Crippen molar-refractivity contribution in [2.75, 3.05) is 17.4 Å². The van der Waals surface area contributed by atoms with Gasteiger partial charge >= 0.3 is 10.2 Å². The lowest BCUT2D eigenvalue weighted by Crippen LogP contribution is -2.50. The van der Waals surface area contributed by atoms with Crippen molar-refractivity contribution in [1.29, 1.82) is 0 Å². The number of nitrogens with one attached hydrogen (secondary N) is 1. The summed E-state index contributed by atoms with van der Waals surface area (Å²) in [6.45, 7) is 3.03. The highest BCUT2D eigenvalue weighted by atomic mass is 32.2.